The molecule has 0 atom stereocenters. The highest BCUT2D eigenvalue weighted by Gasteiger charge is 2.32. The first kappa shape index (κ1) is 12.9. The van der Waals surface area contributed by atoms with Gasteiger partial charge < -0.3 is 14.4 Å². The highest BCUT2D eigenvalue weighted by molar-refractivity contribution is 7.16. The van der Waals surface area contributed by atoms with Gasteiger partial charge in [0.15, 0.2) is 5.69 Å². The van der Waals surface area contributed by atoms with Crippen molar-refractivity contribution in [1.29, 1.82) is 0 Å². The van der Waals surface area contributed by atoms with Gasteiger partial charge in [0.05, 0.1) is 24.8 Å². The first-order chi connectivity index (χ1) is 9.29. The van der Waals surface area contributed by atoms with Crippen LogP contribution in [0.2, 0.25) is 0 Å². The topological polar surface area (TPSA) is 51.7 Å². The second-order valence-corrected chi connectivity index (χ2v) is 5.81. The quantitative estimate of drug-likeness (QED) is 0.791. The summed E-state index contributed by atoms with van der Waals surface area (Å²) in [6, 6.07) is 0. The summed E-state index contributed by atoms with van der Waals surface area (Å²) in [5.74, 6) is 0.264. The molecule has 0 bridgehead atoms. The van der Waals surface area contributed by atoms with Crippen molar-refractivity contribution in [2.75, 3.05) is 37.8 Å². The Balaban J connectivity index is 1.88. The number of carbonyl (C=O) groups excluding carboxylic acids is 1. The number of morpholine rings is 1. The van der Waals surface area contributed by atoms with Crippen molar-refractivity contribution in [2.24, 2.45) is 0 Å². The molecular formula is C13H18N2O3S. The molecule has 0 radical (unpaired) electrons. The molecule has 104 valence electrons. The van der Waals surface area contributed by atoms with E-state index in [1.54, 1.807) is 11.3 Å². The Labute approximate surface area is 116 Å². The number of hydrogen-bond donors (Lipinski definition) is 0. The van der Waals surface area contributed by atoms with Gasteiger partial charge in [-0.2, -0.15) is 0 Å². The molecule has 0 unspecified atom stereocenters. The Morgan fingerprint density at radius 1 is 1.47 bits per heavy atom. The Hall–Kier alpha value is -1.14. The summed E-state index contributed by atoms with van der Waals surface area (Å²) < 4.78 is 10.5. The molecule has 2 heterocycles. The number of rotatable bonds is 4. The van der Waals surface area contributed by atoms with Crippen LogP contribution in [0.5, 0.6) is 0 Å². The standard InChI is InChI=1S/C13H18N2O3S/c1-2-18-13(16)10-12(15-5-7-17-8-6-15)19-11(14-10)9-3-4-9/h9H,2-8H2,1H3. The third-order valence-electron chi connectivity index (χ3n) is 3.32. The number of nitrogens with zero attached hydrogens (tertiary/aromatic N) is 2. The monoisotopic (exact) mass is 282 g/mol. The molecule has 1 saturated carbocycles. The summed E-state index contributed by atoms with van der Waals surface area (Å²) >= 11 is 1.65. The summed E-state index contributed by atoms with van der Waals surface area (Å²) in [6.45, 7) is 5.26. The summed E-state index contributed by atoms with van der Waals surface area (Å²) in [7, 11) is 0. The Morgan fingerprint density at radius 3 is 2.84 bits per heavy atom. The van der Waals surface area contributed by atoms with Crippen LogP contribution in [-0.2, 0) is 9.47 Å². The van der Waals surface area contributed by atoms with Gasteiger partial charge in [0.1, 0.15) is 5.00 Å². The maximum Gasteiger partial charge on any atom is 0.360 e. The number of aromatic nitrogens is 1. The van der Waals surface area contributed by atoms with Crippen LogP contribution < -0.4 is 4.90 Å². The zero-order valence-corrected chi connectivity index (χ0v) is 11.9. The average molecular weight is 282 g/mol. The Morgan fingerprint density at radius 2 is 2.21 bits per heavy atom. The van der Waals surface area contributed by atoms with Gasteiger partial charge in [-0.05, 0) is 19.8 Å². The van der Waals surface area contributed by atoms with E-state index in [0.717, 1.165) is 23.1 Å². The molecule has 1 saturated heterocycles. The van der Waals surface area contributed by atoms with Gasteiger partial charge in [-0.3, -0.25) is 0 Å². The molecule has 0 amide bonds. The second kappa shape index (κ2) is 5.46. The van der Waals surface area contributed by atoms with Crippen molar-refractivity contribution < 1.29 is 14.3 Å². The molecule has 2 fully saturated rings. The zero-order chi connectivity index (χ0) is 13.2. The molecule has 5 nitrogen and oxygen atoms in total. The zero-order valence-electron chi connectivity index (χ0n) is 11.1. The van der Waals surface area contributed by atoms with E-state index in [-0.39, 0.29) is 5.97 Å². The lowest BCUT2D eigenvalue weighted by molar-refractivity contribution is 0.0520. The van der Waals surface area contributed by atoms with Crippen LogP contribution >= 0.6 is 11.3 Å². The molecule has 1 aliphatic carbocycles. The van der Waals surface area contributed by atoms with Gasteiger partial charge in [-0.25, -0.2) is 9.78 Å². The lowest BCUT2D eigenvalue weighted by Gasteiger charge is -2.27. The van der Waals surface area contributed by atoms with Gasteiger partial charge in [0, 0.05) is 19.0 Å². The minimum atomic E-state index is -0.299. The number of thiazole rings is 1. The maximum absolute atomic E-state index is 12.0. The molecule has 19 heavy (non-hydrogen) atoms. The van der Waals surface area contributed by atoms with Crippen molar-refractivity contribution in [1.82, 2.24) is 4.98 Å². The van der Waals surface area contributed by atoms with Gasteiger partial charge in [-0.1, -0.05) is 0 Å². The molecule has 0 N–H and O–H groups in total. The van der Waals surface area contributed by atoms with E-state index in [2.05, 4.69) is 9.88 Å². The molecule has 0 spiro atoms. The largest absolute Gasteiger partial charge is 0.461 e. The minimum Gasteiger partial charge on any atom is -0.461 e. The summed E-state index contributed by atoms with van der Waals surface area (Å²) in [6.07, 6.45) is 2.39. The van der Waals surface area contributed by atoms with E-state index in [4.69, 9.17) is 9.47 Å². The predicted molar refractivity (Wildman–Crippen MR) is 73.1 cm³/mol. The molecule has 3 rings (SSSR count). The highest BCUT2D eigenvalue weighted by Crippen LogP contribution is 2.45. The van der Waals surface area contributed by atoms with E-state index in [0.29, 0.717) is 31.4 Å². The van der Waals surface area contributed by atoms with E-state index in [1.807, 2.05) is 6.92 Å². The van der Waals surface area contributed by atoms with Gasteiger partial charge in [0.25, 0.3) is 0 Å². The third-order valence-corrected chi connectivity index (χ3v) is 4.60. The Kier molecular flexibility index (Phi) is 3.70. The van der Waals surface area contributed by atoms with Crippen LogP contribution in [0.4, 0.5) is 5.00 Å². The first-order valence-corrected chi connectivity index (χ1v) is 7.61. The van der Waals surface area contributed by atoms with Crippen molar-refractivity contribution in [2.45, 2.75) is 25.7 Å². The fourth-order valence-electron chi connectivity index (χ4n) is 2.15. The van der Waals surface area contributed by atoms with Gasteiger partial charge in [0.2, 0.25) is 0 Å². The molecule has 6 heteroatoms. The van der Waals surface area contributed by atoms with Crippen LogP contribution in [0.15, 0.2) is 0 Å². The van der Waals surface area contributed by atoms with Crippen molar-refractivity contribution in [3.63, 3.8) is 0 Å². The summed E-state index contributed by atoms with van der Waals surface area (Å²) in [5, 5.41) is 2.05. The van der Waals surface area contributed by atoms with Crippen LogP contribution in [0.3, 0.4) is 0 Å². The van der Waals surface area contributed by atoms with Crippen molar-refractivity contribution in [3.05, 3.63) is 10.7 Å². The first-order valence-electron chi connectivity index (χ1n) is 6.80. The number of esters is 1. The van der Waals surface area contributed by atoms with Crippen molar-refractivity contribution in [3.8, 4) is 0 Å². The van der Waals surface area contributed by atoms with Crippen LogP contribution in [-0.4, -0.2) is 43.9 Å². The normalized spacial score (nSPS) is 19.5. The molecule has 1 aromatic heterocycles. The predicted octanol–water partition coefficient (Wildman–Crippen LogP) is 2.03. The van der Waals surface area contributed by atoms with Crippen LogP contribution in [0, 0.1) is 0 Å². The minimum absolute atomic E-state index is 0.299. The highest BCUT2D eigenvalue weighted by atomic mass is 32.1. The van der Waals surface area contributed by atoms with E-state index in [9.17, 15) is 4.79 Å². The van der Waals surface area contributed by atoms with E-state index < -0.39 is 0 Å². The number of hydrogen-bond acceptors (Lipinski definition) is 6. The summed E-state index contributed by atoms with van der Waals surface area (Å²) in [4.78, 5) is 18.7. The van der Waals surface area contributed by atoms with E-state index >= 15 is 0 Å². The lowest BCUT2D eigenvalue weighted by atomic mass is 10.3. The molecular weight excluding hydrogens is 264 g/mol. The Bertz CT molecular complexity index is 464. The molecule has 0 aromatic carbocycles. The molecule has 1 aliphatic heterocycles. The number of anilines is 1. The van der Waals surface area contributed by atoms with Crippen molar-refractivity contribution >= 4 is 22.3 Å². The van der Waals surface area contributed by atoms with Crippen LogP contribution in [0.1, 0.15) is 41.2 Å². The SMILES string of the molecule is CCOC(=O)c1nc(C2CC2)sc1N1CCOCC1. The van der Waals surface area contributed by atoms with Crippen LogP contribution in [0.25, 0.3) is 0 Å². The van der Waals surface area contributed by atoms with Gasteiger partial charge >= 0.3 is 5.97 Å². The maximum atomic E-state index is 12.0. The molecule has 2 aliphatic rings. The number of ether oxygens (including phenoxy) is 2. The lowest BCUT2D eigenvalue weighted by Crippen LogP contribution is -2.36. The third kappa shape index (κ3) is 2.74. The fourth-order valence-corrected chi connectivity index (χ4v) is 3.42. The number of carbonyl (C=O) groups is 1. The average Bonchev–Trinajstić information content (AvgIpc) is 3.19. The van der Waals surface area contributed by atoms with E-state index in [1.165, 1.54) is 12.8 Å². The van der Waals surface area contributed by atoms with Gasteiger partial charge in [-0.15, -0.1) is 11.3 Å². The fraction of sp³-hybridized carbons (Fsp3) is 0.692. The summed E-state index contributed by atoms with van der Waals surface area (Å²) in [5.41, 5.74) is 0.496. The molecule has 1 aromatic rings. The smallest absolute Gasteiger partial charge is 0.360 e. The second-order valence-electron chi connectivity index (χ2n) is 4.80.